The minimum absolute atomic E-state index is 0.244. The number of rotatable bonds is 1. The fraction of sp³-hybridized carbons (Fsp3) is 0.500. The van der Waals surface area contributed by atoms with Crippen LogP contribution in [0.2, 0.25) is 0 Å². The Morgan fingerprint density at radius 2 is 2.38 bits per heavy atom. The van der Waals surface area contributed by atoms with Gasteiger partial charge in [0, 0.05) is 17.8 Å². The second kappa shape index (κ2) is 3.51. The average Bonchev–Trinajstić information content (AvgIpc) is 2.16. The maximum atomic E-state index is 11.1. The van der Waals surface area contributed by atoms with Gasteiger partial charge in [0.15, 0.2) is 0 Å². The number of nitrogens with zero attached hydrogens (tertiary/aromatic N) is 1. The zero-order chi connectivity index (χ0) is 9.26. The normalized spacial score (nSPS) is 15.5. The average molecular weight is 197 g/mol. The first-order valence-corrected chi connectivity index (χ1v) is 5.40. The molecule has 70 valence electrons. The van der Waals surface area contributed by atoms with Gasteiger partial charge in [-0.2, -0.15) is 4.98 Å². The molecule has 0 fully saturated rings. The highest BCUT2D eigenvalue weighted by molar-refractivity contribution is 7.98. The predicted octanol–water partition coefficient (Wildman–Crippen LogP) is 0.138. The molecule has 13 heavy (non-hydrogen) atoms. The van der Waals surface area contributed by atoms with E-state index in [0.29, 0.717) is 0 Å². The van der Waals surface area contributed by atoms with Crippen molar-refractivity contribution in [3.63, 3.8) is 0 Å². The van der Waals surface area contributed by atoms with Gasteiger partial charge in [-0.3, -0.25) is 0 Å². The van der Waals surface area contributed by atoms with Crippen LogP contribution >= 0.6 is 11.8 Å². The number of aromatic nitrogens is 2. The summed E-state index contributed by atoms with van der Waals surface area (Å²) >= 11 is 1.54. The van der Waals surface area contributed by atoms with Gasteiger partial charge in [-0.15, -0.1) is 11.8 Å². The first kappa shape index (κ1) is 8.77. The first-order chi connectivity index (χ1) is 6.31. The molecule has 0 saturated heterocycles. The van der Waals surface area contributed by atoms with Crippen molar-refractivity contribution in [3.05, 3.63) is 21.7 Å². The third-order valence-electron chi connectivity index (χ3n) is 2.13. The van der Waals surface area contributed by atoms with E-state index in [1.807, 2.05) is 6.26 Å². The molecule has 0 unspecified atom stereocenters. The summed E-state index contributed by atoms with van der Waals surface area (Å²) in [5, 5.41) is 4.09. The molecule has 4 nitrogen and oxygen atoms in total. The number of H-pyrrole nitrogens is 1. The van der Waals surface area contributed by atoms with Gasteiger partial charge in [0.1, 0.15) is 5.03 Å². The Morgan fingerprint density at radius 1 is 1.54 bits per heavy atom. The summed E-state index contributed by atoms with van der Waals surface area (Å²) in [6.45, 7) is 1.72. The minimum Gasteiger partial charge on any atom is -0.311 e. The lowest BCUT2D eigenvalue weighted by Gasteiger charge is -2.17. The van der Waals surface area contributed by atoms with E-state index in [1.54, 1.807) is 0 Å². The summed E-state index contributed by atoms with van der Waals surface area (Å²) in [6.07, 6.45) is 2.90. The van der Waals surface area contributed by atoms with E-state index in [9.17, 15) is 4.79 Å². The fourth-order valence-corrected chi connectivity index (χ4v) is 2.17. The Bertz CT molecular complexity index is 354. The van der Waals surface area contributed by atoms with Gasteiger partial charge in [-0.25, -0.2) is 4.79 Å². The molecule has 0 aliphatic carbocycles. The summed E-state index contributed by atoms with van der Waals surface area (Å²) in [5.74, 6) is 0. The molecule has 0 spiro atoms. The van der Waals surface area contributed by atoms with Crippen LogP contribution in [-0.2, 0) is 13.0 Å². The lowest BCUT2D eigenvalue weighted by molar-refractivity contribution is 0.605. The summed E-state index contributed by atoms with van der Waals surface area (Å²) in [7, 11) is 0. The van der Waals surface area contributed by atoms with E-state index in [0.717, 1.165) is 30.2 Å². The zero-order valence-electron chi connectivity index (χ0n) is 7.39. The molecular weight excluding hydrogens is 186 g/mol. The molecule has 0 amide bonds. The molecule has 2 heterocycles. The van der Waals surface area contributed by atoms with Crippen LogP contribution in [0.1, 0.15) is 11.3 Å². The summed E-state index contributed by atoms with van der Waals surface area (Å²) in [5.41, 5.74) is 1.95. The van der Waals surface area contributed by atoms with Gasteiger partial charge in [-0.05, 0) is 19.2 Å². The lowest BCUT2D eigenvalue weighted by Crippen LogP contribution is -2.29. The molecule has 1 aromatic rings. The van der Waals surface area contributed by atoms with Crippen molar-refractivity contribution >= 4 is 11.8 Å². The molecule has 1 aromatic heterocycles. The Morgan fingerprint density at radius 3 is 3.15 bits per heavy atom. The van der Waals surface area contributed by atoms with E-state index in [4.69, 9.17) is 0 Å². The predicted molar refractivity (Wildman–Crippen MR) is 52.0 cm³/mol. The van der Waals surface area contributed by atoms with E-state index < -0.39 is 0 Å². The molecule has 5 heteroatoms. The number of fused-ring (bicyclic) bond motifs is 1. The van der Waals surface area contributed by atoms with E-state index in [2.05, 4.69) is 15.3 Å². The van der Waals surface area contributed by atoms with Crippen molar-refractivity contribution in [2.75, 3.05) is 12.8 Å². The topological polar surface area (TPSA) is 57.8 Å². The third-order valence-corrected chi connectivity index (χ3v) is 2.85. The highest BCUT2D eigenvalue weighted by Gasteiger charge is 2.14. The Labute approximate surface area is 80.2 Å². The highest BCUT2D eigenvalue weighted by Crippen LogP contribution is 2.20. The van der Waals surface area contributed by atoms with Gasteiger partial charge in [-0.1, -0.05) is 0 Å². The molecular formula is C8H11N3OS. The largest absolute Gasteiger partial charge is 0.346 e. The van der Waals surface area contributed by atoms with Crippen molar-refractivity contribution in [2.24, 2.45) is 0 Å². The monoisotopic (exact) mass is 197 g/mol. The van der Waals surface area contributed by atoms with Crippen molar-refractivity contribution < 1.29 is 0 Å². The quantitative estimate of drug-likeness (QED) is 0.496. The van der Waals surface area contributed by atoms with Crippen LogP contribution in [0.3, 0.4) is 0 Å². The van der Waals surface area contributed by atoms with Crippen LogP contribution in [0.4, 0.5) is 0 Å². The van der Waals surface area contributed by atoms with E-state index >= 15 is 0 Å². The van der Waals surface area contributed by atoms with Crippen molar-refractivity contribution in [3.8, 4) is 0 Å². The number of aromatic amines is 1. The molecule has 0 radical (unpaired) electrons. The molecule has 0 saturated carbocycles. The molecule has 1 aliphatic heterocycles. The van der Waals surface area contributed by atoms with Gasteiger partial charge in [0.25, 0.3) is 0 Å². The van der Waals surface area contributed by atoms with Gasteiger partial charge >= 0.3 is 5.69 Å². The zero-order valence-corrected chi connectivity index (χ0v) is 8.20. The number of nitrogens with one attached hydrogen (secondary N) is 2. The Balaban J connectivity index is 2.57. The van der Waals surface area contributed by atoms with Crippen LogP contribution < -0.4 is 11.0 Å². The van der Waals surface area contributed by atoms with Crippen LogP contribution in [0.25, 0.3) is 0 Å². The molecule has 0 aromatic carbocycles. The Kier molecular flexibility index (Phi) is 2.37. The standard InChI is InChI=1S/C8H11N3OS/c1-13-7-5-2-3-9-4-6(5)10-8(12)11-7/h9H,2-4H2,1H3,(H,10,11,12). The number of hydrogen-bond donors (Lipinski definition) is 2. The number of hydrogen-bond acceptors (Lipinski definition) is 4. The van der Waals surface area contributed by atoms with Crippen LogP contribution in [0.5, 0.6) is 0 Å². The van der Waals surface area contributed by atoms with Crippen molar-refractivity contribution in [1.82, 2.24) is 15.3 Å². The van der Waals surface area contributed by atoms with Gasteiger partial charge in [0.05, 0.1) is 0 Å². The van der Waals surface area contributed by atoms with Crippen molar-refractivity contribution in [1.29, 1.82) is 0 Å². The molecule has 0 bridgehead atoms. The van der Waals surface area contributed by atoms with Crippen LogP contribution in [-0.4, -0.2) is 22.8 Å². The third kappa shape index (κ3) is 1.62. The fourth-order valence-electron chi connectivity index (χ4n) is 1.53. The molecule has 2 N–H and O–H groups in total. The minimum atomic E-state index is -0.244. The van der Waals surface area contributed by atoms with Gasteiger partial charge in [0.2, 0.25) is 0 Å². The van der Waals surface area contributed by atoms with Gasteiger partial charge < -0.3 is 10.3 Å². The number of thioether (sulfide) groups is 1. The second-order valence-corrected chi connectivity index (χ2v) is 3.73. The smallest absolute Gasteiger partial charge is 0.311 e. The summed E-state index contributed by atoms with van der Waals surface area (Å²) < 4.78 is 0. The van der Waals surface area contributed by atoms with E-state index in [-0.39, 0.29) is 5.69 Å². The SMILES string of the molecule is CSc1nc(=O)[nH]c2c1CCNC2. The highest BCUT2D eigenvalue weighted by atomic mass is 32.2. The van der Waals surface area contributed by atoms with Crippen LogP contribution in [0.15, 0.2) is 9.82 Å². The van der Waals surface area contributed by atoms with Crippen LogP contribution in [0, 0.1) is 0 Å². The van der Waals surface area contributed by atoms with Crippen molar-refractivity contribution in [2.45, 2.75) is 18.0 Å². The maximum absolute atomic E-state index is 11.1. The summed E-state index contributed by atoms with van der Waals surface area (Å²) in [6, 6.07) is 0. The lowest BCUT2D eigenvalue weighted by atomic mass is 10.1. The Hall–Kier alpha value is -0.810. The second-order valence-electron chi connectivity index (χ2n) is 2.94. The summed E-state index contributed by atoms with van der Waals surface area (Å²) in [4.78, 5) is 17.8. The first-order valence-electron chi connectivity index (χ1n) is 4.18. The molecule has 0 atom stereocenters. The molecule has 1 aliphatic rings. The maximum Gasteiger partial charge on any atom is 0.346 e. The molecule has 2 rings (SSSR count). The van der Waals surface area contributed by atoms with E-state index in [1.165, 1.54) is 17.3 Å².